The number of hydrogen-bond acceptors (Lipinski definition) is 2. The van der Waals surface area contributed by atoms with Gasteiger partial charge < -0.3 is 4.90 Å². The zero-order valence-electron chi connectivity index (χ0n) is 14.4. The van der Waals surface area contributed by atoms with Gasteiger partial charge in [-0.1, -0.05) is 55.7 Å². The van der Waals surface area contributed by atoms with Crippen molar-refractivity contribution < 1.29 is 13.2 Å². The van der Waals surface area contributed by atoms with Crippen LogP contribution >= 0.6 is 0 Å². The van der Waals surface area contributed by atoms with Crippen molar-refractivity contribution in [1.29, 1.82) is 0 Å². The van der Waals surface area contributed by atoms with Gasteiger partial charge in [-0.3, -0.25) is 0 Å². The molecule has 136 valence electrons. The smallest absolute Gasteiger partial charge is 0.306 e. The maximum absolute atomic E-state index is 14.4. The summed E-state index contributed by atoms with van der Waals surface area (Å²) in [5.74, 6) is 0.493. The fourth-order valence-electron chi connectivity index (χ4n) is 4.10. The third-order valence-electron chi connectivity index (χ3n) is 5.43. The lowest BCUT2D eigenvalue weighted by Crippen LogP contribution is -2.46. The molecule has 1 unspecified atom stereocenters. The zero-order chi connectivity index (χ0) is 18.2. The molecule has 1 aliphatic carbocycles. The van der Waals surface area contributed by atoms with Crippen LogP contribution in [0.3, 0.4) is 0 Å². The summed E-state index contributed by atoms with van der Waals surface area (Å²) >= 11 is 0. The fraction of sp³-hybridized carbons (Fsp3) is 0.381. The highest BCUT2D eigenvalue weighted by atomic mass is 19.4. The monoisotopic (exact) mass is 358 g/mol. The van der Waals surface area contributed by atoms with Crippen LogP contribution < -0.4 is 0 Å². The first kappa shape index (κ1) is 17.1. The highest BCUT2D eigenvalue weighted by molar-refractivity contribution is 5.97. The Morgan fingerprint density at radius 3 is 2.42 bits per heavy atom. The van der Waals surface area contributed by atoms with Crippen LogP contribution in [0.25, 0.3) is 0 Å². The Labute approximate surface area is 151 Å². The van der Waals surface area contributed by atoms with Crippen molar-refractivity contribution in [1.82, 2.24) is 4.90 Å². The van der Waals surface area contributed by atoms with Gasteiger partial charge in [0.1, 0.15) is 5.84 Å². The molecule has 2 nitrogen and oxygen atoms in total. The lowest BCUT2D eigenvalue weighted by Gasteiger charge is -2.42. The largest absolute Gasteiger partial charge is 0.421 e. The van der Waals surface area contributed by atoms with E-state index in [1.165, 1.54) is 18.2 Å². The number of halogens is 3. The number of nitrogens with zero attached hydrogens (tertiary/aromatic N) is 2. The summed E-state index contributed by atoms with van der Waals surface area (Å²) in [5.41, 5.74) is -1.44. The molecule has 1 fully saturated rings. The first-order valence-electron chi connectivity index (χ1n) is 9.10. The molecule has 0 radical (unpaired) electrons. The van der Waals surface area contributed by atoms with E-state index in [1.54, 1.807) is 30.4 Å². The predicted molar refractivity (Wildman–Crippen MR) is 96.4 cm³/mol. The summed E-state index contributed by atoms with van der Waals surface area (Å²) < 4.78 is 43.1. The van der Waals surface area contributed by atoms with E-state index in [1.807, 2.05) is 17.2 Å². The number of hydrogen-bond donors (Lipinski definition) is 0. The number of allylic oxidation sites excluding steroid dienone is 3. The number of aliphatic imine (C=N–C) groups is 1. The predicted octanol–water partition coefficient (Wildman–Crippen LogP) is 5.71. The third kappa shape index (κ3) is 2.79. The van der Waals surface area contributed by atoms with Gasteiger partial charge in [0.25, 0.3) is 0 Å². The van der Waals surface area contributed by atoms with Gasteiger partial charge >= 0.3 is 6.18 Å². The summed E-state index contributed by atoms with van der Waals surface area (Å²) in [6, 6.07) is 8.04. The number of benzene rings is 1. The van der Waals surface area contributed by atoms with Crippen molar-refractivity contribution in [3.63, 3.8) is 0 Å². The molecule has 1 aromatic carbocycles. The summed E-state index contributed by atoms with van der Waals surface area (Å²) in [5, 5.41) is 0. The standard InChI is InChI=1S/C21H21F3N2/c22-21(23,24)20(17-11-5-2-6-12-17)15-18(16-9-3-1-4-10-16)26-14-8-7-13-19(26)25-20/h2,5-8,11-16H,1,3-4,9-10H2. The number of alkyl halides is 3. The SMILES string of the molecule is FC(F)(F)C1(c2ccccc2)C=C(C2CCCCC2)N2C=CC=CC2=N1. The third-order valence-corrected chi connectivity index (χ3v) is 5.43. The van der Waals surface area contributed by atoms with Crippen LogP contribution in [-0.4, -0.2) is 16.9 Å². The van der Waals surface area contributed by atoms with Gasteiger partial charge in [-0.2, -0.15) is 13.2 Å². The lowest BCUT2D eigenvalue weighted by molar-refractivity contribution is -0.174. The van der Waals surface area contributed by atoms with Crippen LogP contribution in [0.15, 0.2) is 71.5 Å². The molecule has 1 aromatic rings. The zero-order valence-corrected chi connectivity index (χ0v) is 14.4. The molecule has 0 amide bonds. The molecule has 0 aromatic heterocycles. The van der Waals surface area contributed by atoms with Gasteiger partial charge in [-0.15, -0.1) is 0 Å². The molecule has 0 saturated heterocycles. The maximum atomic E-state index is 14.4. The summed E-state index contributed by atoms with van der Waals surface area (Å²) in [6.45, 7) is 0. The lowest BCUT2D eigenvalue weighted by atomic mass is 9.80. The second-order valence-electron chi connectivity index (χ2n) is 7.07. The van der Waals surface area contributed by atoms with Gasteiger partial charge in [0, 0.05) is 11.9 Å². The molecule has 2 aliphatic heterocycles. The minimum absolute atomic E-state index is 0.135. The number of fused-ring (bicyclic) bond motifs is 1. The molecule has 2 heterocycles. The second-order valence-corrected chi connectivity index (χ2v) is 7.07. The van der Waals surface area contributed by atoms with E-state index in [2.05, 4.69) is 4.99 Å². The van der Waals surface area contributed by atoms with Crippen molar-refractivity contribution in [3.8, 4) is 0 Å². The molecule has 1 atom stereocenters. The number of rotatable bonds is 2. The average molecular weight is 358 g/mol. The molecular formula is C21H21F3N2. The summed E-state index contributed by atoms with van der Waals surface area (Å²) in [7, 11) is 0. The van der Waals surface area contributed by atoms with E-state index in [9.17, 15) is 13.2 Å². The Hall–Kier alpha value is -2.30. The first-order valence-corrected chi connectivity index (χ1v) is 9.10. The molecule has 0 bridgehead atoms. The number of amidine groups is 1. The molecule has 26 heavy (non-hydrogen) atoms. The quantitative estimate of drug-likeness (QED) is 0.661. The van der Waals surface area contributed by atoms with Crippen molar-refractivity contribution in [2.45, 2.75) is 43.8 Å². The average Bonchev–Trinajstić information content (AvgIpc) is 2.67. The van der Waals surface area contributed by atoms with Gasteiger partial charge in [-0.25, -0.2) is 4.99 Å². The van der Waals surface area contributed by atoms with Crippen molar-refractivity contribution >= 4 is 5.84 Å². The van der Waals surface area contributed by atoms with Gasteiger partial charge in [-0.05, 0) is 42.6 Å². The Kier molecular flexibility index (Phi) is 4.25. The van der Waals surface area contributed by atoms with Crippen molar-refractivity contribution in [2.24, 2.45) is 10.9 Å². The van der Waals surface area contributed by atoms with E-state index < -0.39 is 11.7 Å². The minimum atomic E-state index is -4.51. The van der Waals surface area contributed by atoms with Crippen LogP contribution in [0, 0.1) is 5.92 Å². The van der Waals surface area contributed by atoms with Crippen molar-refractivity contribution in [3.05, 3.63) is 72.1 Å². The molecule has 4 rings (SSSR count). The Bertz CT molecular complexity index is 783. The first-order chi connectivity index (χ1) is 12.5. The maximum Gasteiger partial charge on any atom is 0.421 e. The van der Waals surface area contributed by atoms with Gasteiger partial charge in [0.2, 0.25) is 5.54 Å². The summed E-state index contributed by atoms with van der Waals surface area (Å²) in [4.78, 5) is 6.06. The molecular weight excluding hydrogens is 337 g/mol. The van der Waals surface area contributed by atoms with E-state index in [0.717, 1.165) is 37.8 Å². The van der Waals surface area contributed by atoms with E-state index in [4.69, 9.17) is 0 Å². The fourth-order valence-corrected chi connectivity index (χ4v) is 4.10. The molecule has 3 aliphatic rings. The van der Waals surface area contributed by atoms with Crippen LogP contribution in [0.2, 0.25) is 0 Å². The van der Waals surface area contributed by atoms with E-state index >= 15 is 0 Å². The Morgan fingerprint density at radius 2 is 1.73 bits per heavy atom. The highest BCUT2D eigenvalue weighted by Gasteiger charge is 2.57. The normalized spacial score (nSPS) is 26.3. The van der Waals surface area contributed by atoms with Crippen LogP contribution in [-0.2, 0) is 5.54 Å². The topological polar surface area (TPSA) is 15.6 Å². The van der Waals surface area contributed by atoms with Gasteiger partial charge in [0.15, 0.2) is 0 Å². The Morgan fingerprint density at radius 1 is 1.00 bits per heavy atom. The second kappa shape index (κ2) is 6.45. The molecule has 0 spiro atoms. The molecule has 5 heteroatoms. The molecule has 0 N–H and O–H groups in total. The highest BCUT2D eigenvalue weighted by Crippen LogP contribution is 2.49. The van der Waals surface area contributed by atoms with E-state index in [-0.39, 0.29) is 11.5 Å². The van der Waals surface area contributed by atoms with Crippen LogP contribution in [0.1, 0.15) is 37.7 Å². The van der Waals surface area contributed by atoms with Crippen LogP contribution in [0.5, 0.6) is 0 Å². The minimum Gasteiger partial charge on any atom is -0.306 e. The molecule has 1 saturated carbocycles. The van der Waals surface area contributed by atoms with Crippen LogP contribution in [0.4, 0.5) is 13.2 Å². The van der Waals surface area contributed by atoms with E-state index in [0.29, 0.717) is 5.84 Å². The van der Waals surface area contributed by atoms with Gasteiger partial charge in [0.05, 0.1) is 0 Å². The summed E-state index contributed by atoms with van der Waals surface area (Å²) in [6.07, 6.45) is 9.06. The Balaban J connectivity index is 1.90. The van der Waals surface area contributed by atoms with Crippen molar-refractivity contribution in [2.75, 3.05) is 0 Å².